The van der Waals surface area contributed by atoms with Crippen molar-refractivity contribution in [3.63, 3.8) is 0 Å². The topological polar surface area (TPSA) is 28.1 Å². The maximum absolute atomic E-state index is 9.75. The Balaban J connectivity index is 0.768. The summed E-state index contributed by atoms with van der Waals surface area (Å²) in [5.74, 6) is 0. The van der Waals surface area contributed by atoms with Crippen LogP contribution in [0.1, 0.15) is 220 Å². The minimum absolute atomic E-state index is 0.108. The predicted molar refractivity (Wildman–Crippen MR) is 409 cm³/mol. The highest BCUT2D eigenvalue weighted by Crippen LogP contribution is 2.63. The Bertz CT molecular complexity index is 5120. The van der Waals surface area contributed by atoms with Crippen molar-refractivity contribution >= 4 is 16.5 Å². The molecule has 5 aliphatic carbocycles. The molecule has 0 aromatic heterocycles. The van der Waals surface area contributed by atoms with Gasteiger partial charge in [-0.25, -0.2) is 4.85 Å². The number of fused-ring (bicyclic) bond motifs is 17. The first-order valence-electron chi connectivity index (χ1n) is 36.6. The average molecular weight is 1260 g/mol. The molecule has 0 unspecified atom stereocenters. The van der Waals surface area contributed by atoms with Gasteiger partial charge in [0.2, 0.25) is 0 Å². The van der Waals surface area contributed by atoms with E-state index in [-0.39, 0.29) is 27.1 Å². The molecule has 0 saturated carbocycles. The van der Waals surface area contributed by atoms with E-state index < -0.39 is 0 Å². The monoisotopic (exact) mass is 1260 g/mol. The van der Waals surface area contributed by atoms with Gasteiger partial charge in [-0.05, 0) is 240 Å². The number of hydrogen-bond acceptors (Lipinski definition) is 1. The van der Waals surface area contributed by atoms with Crippen molar-refractivity contribution in [2.45, 2.75) is 186 Å². The molecule has 2 nitrogen and oxygen atoms in total. The number of unbranched alkanes of at least 4 members (excludes halogenated alkanes) is 10. The third kappa shape index (κ3) is 9.73. The second-order valence-electron chi connectivity index (χ2n) is 31.5. The molecule has 11 aromatic carbocycles. The van der Waals surface area contributed by atoms with Crippen LogP contribution in [0.2, 0.25) is 0 Å². The van der Waals surface area contributed by atoms with Crippen molar-refractivity contribution in [2.75, 3.05) is 0 Å². The summed E-state index contributed by atoms with van der Waals surface area (Å²) in [6, 6.07) is 77.5. The van der Waals surface area contributed by atoms with Crippen LogP contribution in [0.4, 0.5) is 5.69 Å². The third-order valence-electron chi connectivity index (χ3n) is 24.5. The van der Waals surface area contributed by atoms with Crippen LogP contribution in [0.15, 0.2) is 194 Å². The maximum atomic E-state index is 9.75. The molecule has 0 bridgehead atoms. The first-order chi connectivity index (χ1) is 46.9. The summed E-state index contributed by atoms with van der Waals surface area (Å²) >= 11 is 0. The van der Waals surface area contributed by atoms with E-state index in [1.807, 2.05) is 12.1 Å². The fourth-order valence-corrected chi connectivity index (χ4v) is 18.9. The number of nitrogens with zero attached hydrogens (tertiary/aromatic N) is 2. The fourth-order valence-electron chi connectivity index (χ4n) is 18.9. The van der Waals surface area contributed by atoms with Crippen LogP contribution < -0.4 is 0 Å². The first kappa shape index (κ1) is 62.5. The van der Waals surface area contributed by atoms with Crippen LogP contribution in [-0.4, -0.2) is 0 Å². The Hall–Kier alpha value is -9.34. The molecule has 16 rings (SSSR count). The quantitative estimate of drug-likeness (QED) is 0.0622. The minimum Gasteiger partial charge on any atom is -0.238 e. The summed E-state index contributed by atoms with van der Waals surface area (Å²) in [5.41, 5.74) is 38.0. The van der Waals surface area contributed by atoms with Crippen molar-refractivity contribution in [1.82, 2.24) is 0 Å². The molecule has 0 saturated heterocycles. The van der Waals surface area contributed by atoms with Gasteiger partial charge in [-0.1, -0.05) is 280 Å². The lowest BCUT2D eigenvalue weighted by atomic mass is 9.69. The molecule has 0 fully saturated rings. The molecule has 0 radical (unpaired) electrons. The van der Waals surface area contributed by atoms with Gasteiger partial charge in [0.1, 0.15) is 0 Å². The van der Waals surface area contributed by atoms with Gasteiger partial charge in [0.05, 0.1) is 18.2 Å². The van der Waals surface area contributed by atoms with Gasteiger partial charge < -0.3 is 0 Å². The summed E-state index contributed by atoms with van der Waals surface area (Å²) in [6.07, 6.45) is 17.8. The van der Waals surface area contributed by atoms with Crippen LogP contribution >= 0.6 is 0 Å². The van der Waals surface area contributed by atoms with E-state index in [0.29, 0.717) is 11.3 Å². The van der Waals surface area contributed by atoms with E-state index in [4.69, 9.17) is 6.57 Å². The van der Waals surface area contributed by atoms with E-state index in [1.54, 1.807) is 11.1 Å². The molecular weight excluding hydrogens is 1170 g/mol. The van der Waals surface area contributed by atoms with Gasteiger partial charge in [-0.3, -0.25) is 0 Å². The predicted octanol–water partition coefficient (Wildman–Crippen LogP) is 26.9. The standard InChI is InChI=1S/C95H90N2/c1-12-14-16-18-20-24-46-95(47-25-21-19-17-15-13-2)87-56-76-73-44-39-66(61-31-29-60(30-32-61)64-37-42-70-69-41-28-59(58-96)48-80(69)91(3,4)81(70)49-64)51-83(73)93(7,8)85(76)54-77(87)78-55-86-79(57-88(78)95)90-74-27-23-22-26-68(74)75(53-89(90)94(86,9)10)63-35-33-62(34-36-63)65-38-43-71-72-45-40-67(97-11)52-84(72)92(5,6)82(71)50-65/h22-23,26-45,48-57H,12-21,24-25,46-47H2,1-10H3. The summed E-state index contributed by atoms with van der Waals surface area (Å²) < 4.78 is 0. The Morgan fingerprint density at radius 2 is 0.660 bits per heavy atom. The Morgan fingerprint density at radius 1 is 0.309 bits per heavy atom. The van der Waals surface area contributed by atoms with E-state index >= 15 is 0 Å². The first-order valence-corrected chi connectivity index (χ1v) is 36.6. The second-order valence-corrected chi connectivity index (χ2v) is 31.5. The minimum atomic E-state index is -0.248. The summed E-state index contributed by atoms with van der Waals surface area (Å²) in [7, 11) is 0. The number of nitriles is 1. The number of hydrogen-bond donors (Lipinski definition) is 0. The fraction of sp³-hybridized carbons (Fsp3) is 0.305. The van der Waals surface area contributed by atoms with E-state index in [9.17, 15) is 5.26 Å². The Kier molecular flexibility index (Phi) is 15.1. The second kappa shape index (κ2) is 23.5. The summed E-state index contributed by atoms with van der Waals surface area (Å²) in [6.45, 7) is 31.6. The molecule has 0 aliphatic heterocycles. The van der Waals surface area contributed by atoms with Crippen molar-refractivity contribution < 1.29 is 0 Å². The zero-order valence-corrected chi connectivity index (χ0v) is 58.8. The van der Waals surface area contributed by atoms with Crippen LogP contribution in [0.3, 0.4) is 0 Å². The normalized spacial score (nSPS) is 15.7. The summed E-state index contributed by atoms with van der Waals surface area (Å²) in [4.78, 5) is 3.78. The molecule has 0 spiro atoms. The van der Waals surface area contributed by atoms with Crippen molar-refractivity contribution in [3.8, 4) is 106 Å². The molecule has 97 heavy (non-hydrogen) atoms. The molecule has 0 N–H and O–H groups in total. The average Bonchev–Trinajstić information content (AvgIpc) is 1.52. The smallest absolute Gasteiger partial charge is 0.187 e. The highest BCUT2D eigenvalue weighted by atomic mass is 14.6. The number of benzene rings is 11. The molecule has 2 heteroatoms. The molecule has 0 atom stereocenters. The lowest BCUT2D eigenvalue weighted by Crippen LogP contribution is -2.26. The van der Waals surface area contributed by atoms with Gasteiger partial charge in [-0.15, -0.1) is 0 Å². The zero-order chi connectivity index (χ0) is 66.9. The van der Waals surface area contributed by atoms with Gasteiger partial charge in [0.25, 0.3) is 0 Å². The molecule has 480 valence electrons. The van der Waals surface area contributed by atoms with Gasteiger partial charge in [-0.2, -0.15) is 5.26 Å². The maximum Gasteiger partial charge on any atom is 0.187 e. The van der Waals surface area contributed by atoms with Crippen LogP contribution in [0.25, 0.3) is 116 Å². The lowest BCUT2D eigenvalue weighted by Gasteiger charge is -2.34. The highest BCUT2D eigenvalue weighted by molar-refractivity contribution is 6.10. The molecular formula is C95H90N2. The van der Waals surface area contributed by atoms with E-state index in [2.05, 4.69) is 262 Å². The van der Waals surface area contributed by atoms with E-state index in [0.717, 1.165) is 0 Å². The lowest BCUT2D eigenvalue weighted by molar-refractivity contribution is 0.398. The highest BCUT2D eigenvalue weighted by Gasteiger charge is 2.49. The SMILES string of the molecule is [C-]#[N+]c1ccc2c(c1)C(C)(C)c1cc(-c3ccc(-c4cc5c(c6ccccc46)-c4cc6c(cc4C5(C)C)-c4cc5c(cc4C6(CCCCCCCC)CCCCCCCC)-c4ccc(-c6ccc(-c7ccc8c(c7)C(C)(C)c7cc(C#N)ccc7-8)cc6)cc4C5(C)C)cc3)ccc1-2. The van der Waals surface area contributed by atoms with Gasteiger partial charge in [0, 0.05) is 27.1 Å². The summed E-state index contributed by atoms with van der Waals surface area (Å²) in [5, 5.41) is 12.4. The molecule has 0 amide bonds. The molecule has 5 aliphatic rings. The van der Waals surface area contributed by atoms with Crippen molar-refractivity contribution in [1.29, 1.82) is 5.26 Å². The van der Waals surface area contributed by atoms with E-state index in [1.165, 1.54) is 245 Å². The Labute approximate surface area is 577 Å². The number of rotatable bonds is 18. The molecule has 0 heterocycles. The third-order valence-corrected chi connectivity index (χ3v) is 24.5. The largest absolute Gasteiger partial charge is 0.238 e. The zero-order valence-electron chi connectivity index (χ0n) is 58.8. The van der Waals surface area contributed by atoms with Crippen LogP contribution in [0.5, 0.6) is 0 Å². The van der Waals surface area contributed by atoms with Gasteiger partial charge in [0.15, 0.2) is 5.69 Å². The van der Waals surface area contributed by atoms with Crippen molar-refractivity contribution in [2.24, 2.45) is 0 Å². The Morgan fingerprint density at radius 3 is 1.15 bits per heavy atom. The van der Waals surface area contributed by atoms with Crippen LogP contribution in [0, 0.1) is 17.9 Å². The van der Waals surface area contributed by atoms with Crippen molar-refractivity contribution in [3.05, 3.63) is 267 Å². The van der Waals surface area contributed by atoms with Crippen LogP contribution in [-0.2, 0) is 27.1 Å². The van der Waals surface area contributed by atoms with Gasteiger partial charge >= 0.3 is 0 Å². The molecule has 11 aromatic rings.